The molecule has 0 aromatic heterocycles. The Hall–Kier alpha value is -0.580. The monoisotopic (exact) mass is 302 g/mol. The standard InChI is InChI=1S/C14H19ClO3S/c1-17-13-5-4-11(14(15)9-13)10-19(16)8-6-12-3-2-7-18-12/h4-5,9,12H,2-3,6-8,10H2,1H3/t12-,19+/m1/s1. The molecular formula is C14H19ClO3S. The van der Waals surface area contributed by atoms with Gasteiger partial charge in [0.15, 0.2) is 0 Å². The third kappa shape index (κ3) is 4.48. The second-order valence-electron chi connectivity index (χ2n) is 4.67. The summed E-state index contributed by atoms with van der Waals surface area (Å²) in [5.74, 6) is 1.89. The van der Waals surface area contributed by atoms with Gasteiger partial charge >= 0.3 is 0 Å². The zero-order valence-electron chi connectivity index (χ0n) is 11.1. The second-order valence-corrected chi connectivity index (χ2v) is 6.65. The summed E-state index contributed by atoms with van der Waals surface area (Å²) < 4.78 is 22.7. The summed E-state index contributed by atoms with van der Waals surface area (Å²) in [4.78, 5) is 0. The predicted molar refractivity (Wildman–Crippen MR) is 78.3 cm³/mol. The van der Waals surface area contributed by atoms with Crippen LogP contribution in [0.5, 0.6) is 5.75 Å². The van der Waals surface area contributed by atoms with Gasteiger partial charge in [0.1, 0.15) is 5.75 Å². The molecule has 0 amide bonds. The quantitative estimate of drug-likeness (QED) is 0.810. The summed E-state index contributed by atoms with van der Waals surface area (Å²) in [6.45, 7) is 0.849. The Labute approximate surface area is 121 Å². The van der Waals surface area contributed by atoms with E-state index in [2.05, 4.69) is 0 Å². The fourth-order valence-electron chi connectivity index (χ4n) is 2.15. The van der Waals surface area contributed by atoms with Crippen LogP contribution < -0.4 is 4.74 Å². The SMILES string of the molecule is COc1ccc(C[S@@](=O)CC[C@H]2CCCO2)c(Cl)c1. The molecule has 0 bridgehead atoms. The van der Waals surface area contributed by atoms with Crippen LogP contribution in [0.1, 0.15) is 24.8 Å². The molecule has 1 saturated heterocycles. The maximum Gasteiger partial charge on any atom is 0.120 e. The van der Waals surface area contributed by atoms with E-state index >= 15 is 0 Å². The lowest BCUT2D eigenvalue weighted by Gasteiger charge is -2.10. The lowest BCUT2D eigenvalue weighted by molar-refractivity contribution is 0.109. The number of rotatable bonds is 6. The van der Waals surface area contributed by atoms with Gasteiger partial charge in [0.2, 0.25) is 0 Å². The minimum atomic E-state index is -0.891. The van der Waals surface area contributed by atoms with Gasteiger partial charge in [-0.1, -0.05) is 17.7 Å². The molecule has 1 heterocycles. The van der Waals surface area contributed by atoms with Gasteiger partial charge in [0.25, 0.3) is 0 Å². The average Bonchev–Trinajstić information content (AvgIpc) is 2.92. The molecule has 1 fully saturated rings. The molecule has 2 rings (SSSR count). The van der Waals surface area contributed by atoms with E-state index < -0.39 is 10.8 Å². The van der Waals surface area contributed by atoms with E-state index in [1.165, 1.54) is 0 Å². The van der Waals surface area contributed by atoms with Crippen molar-refractivity contribution in [1.82, 2.24) is 0 Å². The Bertz CT molecular complexity index is 444. The molecule has 0 radical (unpaired) electrons. The summed E-state index contributed by atoms with van der Waals surface area (Å²) in [5, 5.41) is 0.616. The molecule has 106 valence electrons. The normalized spacial score (nSPS) is 20.4. The van der Waals surface area contributed by atoms with Gasteiger partial charge in [-0.15, -0.1) is 0 Å². The van der Waals surface area contributed by atoms with E-state index in [1.807, 2.05) is 12.1 Å². The van der Waals surface area contributed by atoms with Crippen molar-refractivity contribution in [2.75, 3.05) is 19.5 Å². The van der Waals surface area contributed by atoms with Crippen molar-refractivity contribution >= 4 is 22.4 Å². The largest absolute Gasteiger partial charge is 0.497 e. The van der Waals surface area contributed by atoms with E-state index in [1.54, 1.807) is 13.2 Å². The summed E-state index contributed by atoms with van der Waals surface area (Å²) in [7, 11) is 0.711. The van der Waals surface area contributed by atoms with E-state index in [-0.39, 0.29) is 0 Å². The van der Waals surface area contributed by atoms with Crippen LogP contribution in [0.15, 0.2) is 18.2 Å². The van der Waals surface area contributed by atoms with Gasteiger partial charge in [-0.3, -0.25) is 4.21 Å². The van der Waals surface area contributed by atoms with Crippen molar-refractivity contribution in [3.63, 3.8) is 0 Å². The lowest BCUT2D eigenvalue weighted by Crippen LogP contribution is -2.11. The van der Waals surface area contributed by atoms with Crippen molar-refractivity contribution in [2.24, 2.45) is 0 Å². The van der Waals surface area contributed by atoms with Crippen LogP contribution in [0.4, 0.5) is 0 Å². The molecule has 2 atom stereocenters. The lowest BCUT2D eigenvalue weighted by atomic mass is 10.2. The average molecular weight is 303 g/mol. The Morgan fingerprint density at radius 2 is 2.37 bits per heavy atom. The van der Waals surface area contributed by atoms with Gasteiger partial charge in [0, 0.05) is 33.9 Å². The molecule has 1 aromatic rings. The molecule has 0 N–H and O–H groups in total. The van der Waals surface area contributed by atoms with Gasteiger partial charge in [-0.2, -0.15) is 0 Å². The topological polar surface area (TPSA) is 35.5 Å². The zero-order chi connectivity index (χ0) is 13.7. The summed E-state index contributed by atoms with van der Waals surface area (Å²) >= 11 is 6.14. The highest BCUT2D eigenvalue weighted by Gasteiger charge is 2.16. The number of hydrogen-bond donors (Lipinski definition) is 0. The van der Waals surface area contributed by atoms with Crippen LogP contribution >= 0.6 is 11.6 Å². The van der Waals surface area contributed by atoms with E-state index in [4.69, 9.17) is 21.1 Å². The van der Waals surface area contributed by atoms with Gasteiger partial charge in [-0.05, 0) is 37.0 Å². The molecule has 19 heavy (non-hydrogen) atoms. The van der Waals surface area contributed by atoms with Gasteiger partial charge in [-0.25, -0.2) is 0 Å². The van der Waals surface area contributed by atoms with Crippen LogP contribution in [0.2, 0.25) is 5.02 Å². The minimum Gasteiger partial charge on any atom is -0.497 e. The summed E-state index contributed by atoms with van der Waals surface area (Å²) in [6.07, 6.45) is 3.40. The highest BCUT2D eigenvalue weighted by atomic mass is 35.5. The Balaban J connectivity index is 1.84. The number of ether oxygens (including phenoxy) is 2. The third-order valence-electron chi connectivity index (χ3n) is 3.27. The first-order valence-electron chi connectivity index (χ1n) is 6.48. The molecule has 0 spiro atoms. The van der Waals surface area contributed by atoms with E-state index in [9.17, 15) is 4.21 Å². The molecule has 1 aromatic carbocycles. The highest BCUT2D eigenvalue weighted by Crippen LogP contribution is 2.24. The smallest absolute Gasteiger partial charge is 0.120 e. The fourth-order valence-corrected chi connectivity index (χ4v) is 3.74. The van der Waals surface area contributed by atoms with Crippen molar-refractivity contribution < 1.29 is 13.7 Å². The summed E-state index contributed by atoms with van der Waals surface area (Å²) in [5.41, 5.74) is 0.910. The summed E-state index contributed by atoms with van der Waals surface area (Å²) in [6, 6.07) is 5.48. The van der Waals surface area contributed by atoms with Crippen molar-refractivity contribution in [3.05, 3.63) is 28.8 Å². The first kappa shape index (κ1) is 14.8. The van der Waals surface area contributed by atoms with Crippen LogP contribution in [0, 0.1) is 0 Å². The third-order valence-corrected chi connectivity index (χ3v) is 4.94. The van der Waals surface area contributed by atoms with Crippen molar-refractivity contribution in [1.29, 1.82) is 0 Å². The molecule has 1 aliphatic rings. The van der Waals surface area contributed by atoms with E-state index in [0.29, 0.717) is 22.6 Å². The first-order valence-corrected chi connectivity index (χ1v) is 8.34. The van der Waals surface area contributed by atoms with Gasteiger partial charge < -0.3 is 9.47 Å². The highest BCUT2D eigenvalue weighted by molar-refractivity contribution is 7.84. The molecule has 5 heteroatoms. The minimum absolute atomic E-state index is 0.301. The Morgan fingerprint density at radius 1 is 1.53 bits per heavy atom. The Kier molecular flexibility index (Phi) is 5.67. The molecule has 3 nitrogen and oxygen atoms in total. The number of benzene rings is 1. The van der Waals surface area contributed by atoms with Crippen molar-refractivity contribution in [2.45, 2.75) is 31.1 Å². The van der Waals surface area contributed by atoms with Crippen LogP contribution in [-0.4, -0.2) is 29.8 Å². The van der Waals surface area contributed by atoms with Crippen LogP contribution in [0.3, 0.4) is 0 Å². The molecule has 0 saturated carbocycles. The number of hydrogen-bond acceptors (Lipinski definition) is 3. The number of halogens is 1. The maximum absolute atomic E-state index is 12.0. The molecular weight excluding hydrogens is 284 g/mol. The second kappa shape index (κ2) is 7.27. The maximum atomic E-state index is 12.0. The Morgan fingerprint density at radius 3 is 3.00 bits per heavy atom. The molecule has 1 aliphatic heterocycles. The fraction of sp³-hybridized carbons (Fsp3) is 0.571. The first-order chi connectivity index (χ1) is 9.19. The van der Waals surface area contributed by atoms with E-state index in [0.717, 1.165) is 37.2 Å². The molecule has 0 unspecified atom stereocenters. The van der Waals surface area contributed by atoms with Crippen LogP contribution in [0.25, 0.3) is 0 Å². The zero-order valence-corrected chi connectivity index (χ0v) is 12.6. The molecule has 0 aliphatic carbocycles. The predicted octanol–water partition coefficient (Wildman–Crippen LogP) is 3.17. The number of methoxy groups -OCH3 is 1. The van der Waals surface area contributed by atoms with Gasteiger partial charge in [0.05, 0.1) is 13.2 Å². The van der Waals surface area contributed by atoms with Crippen molar-refractivity contribution in [3.8, 4) is 5.75 Å². The van der Waals surface area contributed by atoms with Crippen LogP contribution in [-0.2, 0) is 21.3 Å².